The van der Waals surface area contributed by atoms with E-state index in [1.165, 1.54) is 18.2 Å². The first-order valence-electron chi connectivity index (χ1n) is 9.89. The van der Waals surface area contributed by atoms with Gasteiger partial charge in [-0.15, -0.1) is 0 Å². The first-order valence-corrected chi connectivity index (χ1v) is 11.8. The molecule has 0 heterocycles. The van der Waals surface area contributed by atoms with E-state index in [1.54, 1.807) is 0 Å². The largest absolute Gasteiger partial charge is 0.494 e. The van der Waals surface area contributed by atoms with E-state index >= 15 is 0 Å². The van der Waals surface area contributed by atoms with Crippen LogP contribution in [0.1, 0.15) is 23.2 Å². The number of hydrogen-bond donors (Lipinski definition) is 2. The molecule has 0 radical (unpaired) electrons. The molecule has 0 atom stereocenters. The van der Waals surface area contributed by atoms with Gasteiger partial charge >= 0.3 is 0 Å². The summed E-state index contributed by atoms with van der Waals surface area (Å²) in [6.07, 6.45) is 1.48. The van der Waals surface area contributed by atoms with Crippen molar-refractivity contribution in [2.75, 3.05) is 17.9 Å². The van der Waals surface area contributed by atoms with Gasteiger partial charge in [-0.3, -0.25) is 9.52 Å². The molecule has 0 aliphatic carbocycles. The standard InChI is InChI=1S/C23H22ClFN2O4S/c24-21-13-8-17(16-22(21)27-32(29,30)20-11-9-18(25)10-12-20)23(28)26-14-4-5-15-31-19-6-2-1-3-7-19/h1-3,6-13,16,27H,4-5,14-15H2,(H,26,28). The van der Waals surface area contributed by atoms with Gasteiger partial charge in [0.25, 0.3) is 15.9 Å². The Morgan fingerprint density at radius 2 is 1.69 bits per heavy atom. The summed E-state index contributed by atoms with van der Waals surface area (Å²) in [5.41, 5.74) is 0.312. The second-order valence-corrected chi connectivity index (χ2v) is 8.97. The molecular weight excluding hydrogens is 455 g/mol. The van der Waals surface area contributed by atoms with Crippen molar-refractivity contribution < 1.29 is 22.3 Å². The van der Waals surface area contributed by atoms with E-state index in [2.05, 4.69) is 10.0 Å². The number of sulfonamides is 1. The number of carbonyl (C=O) groups excluding carboxylic acids is 1. The molecule has 0 saturated heterocycles. The fourth-order valence-corrected chi connectivity index (χ4v) is 4.09. The van der Waals surface area contributed by atoms with Crippen molar-refractivity contribution in [3.05, 3.63) is 89.2 Å². The molecule has 9 heteroatoms. The minimum atomic E-state index is -3.99. The second-order valence-electron chi connectivity index (χ2n) is 6.88. The highest BCUT2D eigenvalue weighted by Gasteiger charge is 2.17. The summed E-state index contributed by atoms with van der Waals surface area (Å²) in [6.45, 7) is 0.979. The Balaban J connectivity index is 1.52. The van der Waals surface area contributed by atoms with Gasteiger partial charge in [0.2, 0.25) is 0 Å². The van der Waals surface area contributed by atoms with Crippen molar-refractivity contribution in [3.8, 4) is 5.75 Å². The second kappa shape index (κ2) is 11.0. The Hall–Kier alpha value is -3.10. The fourth-order valence-electron chi connectivity index (χ4n) is 2.80. The number of anilines is 1. The highest BCUT2D eigenvalue weighted by atomic mass is 35.5. The van der Waals surface area contributed by atoms with Gasteiger partial charge in [0, 0.05) is 12.1 Å². The number of unbranched alkanes of at least 4 members (excludes halogenated alkanes) is 1. The minimum absolute atomic E-state index is 0.0555. The fraction of sp³-hybridized carbons (Fsp3) is 0.174. The zero-order valence-corrected chi connectivity index (χ0v) is 18.6. The van der Waals surface area contributed by atoms with E-state index in [0.717, 1.165) is 42.9 Å². The highest BCUT2D eigenvalue weighted by molar-refractivity contribution is 7.92. The molecule has 0 aromatic heterocycles. The normalized spacial score (nSPS) is 11.1. The van der Waals surface area contributed by atoms with Crippen LogP contribution in [-0.4, -0.2) is 27.5 Å². The number of para-hydroxylation sites is 1. The van der Waals surface area contributed by atoms with Crippen LogP contribution in [-0.2, 0) is 10.0 Å². The van der Waals surface area contributed by atoms with Gasteiger partial charge in [0.15, 0.2) is 0 Å². The Morgan fingerprint density at radius 3 is 2.41 bits per heavy atom. The molecule has 0 fully saturated rings. The molecule has 0 aliphatic rings. The number of benzene rings is 3. The number of rotatable bonds is 10. The maximum Gasteiger partial charge on any atom is 0.261 e. The molecule has 2 N–H and O–H groups in total. The number of hydrogen-bond acceptors (Lipinski definition) is 4. The molecule has 3 rings (SSSR count). The first-order chi connectivity index (χ1) is 15.3. The Labute approximate surface area is 191 Å². The Morgan fingerprint density at radius 1 is 0.969 bits per heavy atom. The number of carbonyl (C=O) groups is 1. The van der Waals surface area contributed by atoms with Crippen LogP contribution in [0, 0.1) is 5.82 Å². The molecule has 1 amide bonds. The molecule has 32 heavy (non-hydrogen) atoms. The van der Waals surface area contributed by atoms with Gasteiger partial charge in [0.1, 0.15) is 11.6 Å². The predicted molar refractivity (Wildman–Crippen MR) is 122 cm³/mol. The number of amides is 1. The van der Waals surface area contributed by atoms with E-state index in [4.69, 9.17) is 16.3 Å². The van der Waals surface area contributed by atoms with E-state index in [0.29, 0.717) is 13.2 Å². The maximum absolute atomic E-state index is 13.1. The smallest absolute Gasteiger partial charge is 0.261 e. The lowest BCUT2D eigenvalue weighted by Gasteiger charge is -2.12. The number of ether oxygens (including phenoxy) is 1. The molecule has 0 unspecified atom stereocenters. The van der Waals surface area contributed by atoms with Crippen LogP contribution in [0.5, 0.6) is 5.75 Å². The van der Waals surface area contributed by atoms with Gasteiger partial charge in [-0.05, 0) is 67.4 Å². The first kappa shape index (κ1) is 23.6. The summed E-state index contributed by atoms with van der Waals surface area (Å²) in [5.74, 6) is -0.103. The van der Waals surface area contributed by atoms with Crippen molar-refractivity contribution in [1.82, 2.24) is 5.32 Å². The molecule has 0 saturated carbocycles. The molecule has 6 nitrogen and oxygen atoms in total. The van der Waals surface area contributed by atoms with Crippen molar-refractivity contribution in [3.63, 3.8) is 0 Å². The molecule has 0 aliphatic heterocycles. The maximum atomic E-state index is 13.1. The zero-order chi connectivity index (χ0) is 23.0. The van der Waals surface area contributed by atoms with Crippen LogP contribution >= 0.6 is 11.6 Å². The molecule has 0 bridgehead atoms. The monoisotopic (exact) mass is 476 g/mol. The van der Waals surface area contributed by atoms with Crippen molar-refractivity contribution >= 4 is 33.2 Å². The van der Waals surface area contributed by atoms with Gasteiger partial charge in [0.05, 0.1) is 22.2 Å². The minimum Gasteiger partial charge on any atom is -0.494 e. The summed E-state index contributed by atoms with van der Waals surface area (Å²) >= 11 is 6.10. The summed E-state index contributed by atoms with van der Waals surface area (Å²) in [4.78, 5) is 12.3. The lowest BCUT2D eigenvalue weighted by atomic mass is 10.2. The lowest BCUT2D eigenvalue weighted by Crippen LogP contribution is -2.25. The van der Waals surface area contributed by atoms with Crippen LogP contribution in [0.3, 0.4) is 0 Å². The third kappa shape index (κ3) is 6.70. The molecule has 0 spiro atoms. The number of halogens is 2. The SMILES string of the molecule is O=C(NCCCCOc1ccccc1)c1ccc(Cl)c(NS(=O)(=O)c2ccc(F)cc2)c1. The van der Waals surface area contributed by atoms with Crippen molar-refractivity contribution in [2.24, 2.45) is 0 Å². The van der Waals surface area contributed by atoms with Crippen LogP contribution in [0.15, 0.2) is 77.7 Å². The van der Waals surface area contributed by atoms with Gasteiger partial charge in [-0.25, -0.2) is 12.8 Å². The lowest BCUT2D eigenvalue weighted by molar-refractivity contribution is 0.0952. The van der Waals surface area contributed by atoms with Gasteiger partial charge < -0.3 is 10.1 Å². The Kier molecular flexibility index (Phi) is 8.08. The Bertz CT molecular complexity index is 1160. The van der Waals surface area contributed by atoms with Crippen LogP contribution in [0.4, 0.5) is 10.1 Å². The quantitative estimate of drug-likeness (QED) is 0.409. The zero-order valence-electron chi connectivity index (χ0n) is 17.1. The summed E-state index contributed by atoms with van der Waals surface area (Å²) in [7, 11) is -3.99. The average Bonchev–Trinajstić information content (AvgIpc) is 2.78. The van der Waals surface area contributed by atoms with E-state index in [-0.39, 0.29) is 27.1 Å². The predicted octanol–water partition coefficient (Wildman–Crippen LogP) is 4.87. The highest BCUT2D eigenvalue weighted by Crippen LogP contribution is 2.26. The van der Waals surface area contributed by atoms with Crippen LogP contribution in [0.2, 0.25) is 5.02 Å². The van der Waals surface area contributed by atoms with Crippen LogP contribution in [0.25, 0.3) is 0 Å². The molecular formula is C23H22ClFN2O4S. The average molecular weight is 477 g/mol. The van der Waals surface area contributed by atoms with E-state index in [9.17, 15) is 17.6 Å². The van der Waals surface area contributed by atoms with Crippen LogP contribution < -0.4 is 14.8 Å². The van der Waals surface area contributed by atoms with Gasteiger partial charge in [-0.1, -0.05) is 29.8 Å². The number of nitrogens with one attached hydrogen (secondary N) is 2. The topological polar surface area (TPSA) is 84.5 Å². The van der Waals surface area contributed by atoms with Crippen molar-refractivity contribution in [2.45, 2.75) is 17.7 Å². The van der Waals surface area contributed by atoms with E-state index in [1.807, 2.05) is 30.3 Å². The molecule has 168 valence electrons. The summed E-state index contributed by atoms with van der Waals surface area (Å²) in [5, 5.41) is 2.92. The molecule has 3 aromatic rings. The third-order valence-corrected chi connectivity index (χ3v) is 6.18. The third-order valence-electron chi connectivity index (χ3n) is 4.47. The summed E-state index contributed by atoms with van der Waals surface area (Å²) in [6, 6.07) is 18.1. The summed E-state index contributed by atoms with van der Waals surface area (Å²) < 4.78 is 46.0. The van der Waals surface area contributed by atoms with E-state index < -0.39 is 15.8 Å². The van der Waals surface area contributed by atoms with Gasteiger partial charge in [-0.2, -0.15) is 0 Å². The van der Waals surface area contributed by atoms with Crippen molar-refractivity contribution in [1.29, 1.82) is 0 Å². The molecule has 3 aromatic carbocycles.